The fourth-order valence-corrected chi connectivity index (χ4v) is 4.74. The number of benzene rings is 4. The average Bonchev–Trinajstić information content (AvgIpc) is 2.95. The molecule has 0 spiro atoms. The first kappa shape index (κ1) is 30.5. The highest BCUT2D eigenvalue weighted by atomic mass is 19.4. The summed E-state index contributed by atoms with van der Waals surface area (Å²) in [5, 5.41) is 24.1. The Labute approximate surface area is 243 Å². The molecule has 4 aromatic carbocycles. The lowest BCUT2D eigenvalue weighted by molar-refractivity contribution is -0.137. The number of amides is 2. The Morgan fingerprint density at radius 1 is 0.651 bits per heavy atom. The van der Waals surface area contributed by atoms with Crippen LogP contribution in [0, 0.1) is 13.8 Å². The van der Waals surface area contributed by atoms with Crippen molar-refractivity contribution in [2.45, 2.75) is 20.0 Å². The van der Waals surface area contributed by atoms with Crippen LogP contribution >= 0.6 is 0 Å². The second kappa shape index (κ2) is 11.8. The number of aromatic carboxylic acids is 2. The molecule has 0 aliphatic heterocycles. The number of nitrogens with one attached hydrogen (secondary N) is 2. The number of alkyl halides is 3. The molecule has 43 heavy (non-hydrogen) atoms. The number of hydrogen-bond donors (Lipinski definition) is 4. The van der Waals surface area contributed by atoms with E-state index in [0.29, 0.717) is 11.1 Å². The number of carboxylic acid groups (broad SMARTS) is 2. The molecule has 220 valence electrons. The number of carbonyl (C=O) groups excluding carboxylic acids is 2. The standard InChI is InChI=1S/C32H25F3N2O6/c1-16-4-8-21(17(2)12-16)22-11-7-20(15-27(22)32(33,34)35)37-29(39)24-10-6-19(14-26(24)31(42)43)18-5-9-23(28(38)36-3)25(13-18)30(40)41/h4-15H,1-3H3,(H,36,38)(H,37,39)(H,40,41)(H,42,43). The van der Waals surface area contributed by atoms with Crippen LogP contribution in [0.5, 0.6) is 0 Å². The van der Waals surface area contributed by atoms with Crippen molar-refractivity contribution in [1.29, 1.82) is 0 Å². The number of carboxylic acids is 2. The zero-order valence-corrected chi connectivity index (χ0v) is 23.1. The Kier molecular flexibility index (Phi) is 8.38. The minimum absolute atomic E-state index is 0.0678. The molecule has 11 heteroatoms. The van der Waals surface area contributed by atoms with Gasteiger partial charge in [-0.3, -0.25) is 9.59 Å². The van der Waals surface area contributed by atoms with E-state index in [1.54, 1.807) is 25.1 Å². The van der Waals surface area contributed by atoms with Gasteiger partial charge in [0.25, 0.3) is 11.8 Å². The van der Waals surface area contributed by atoms with E-state index < -0.39 is 41.1 Å². The number of hydrogen-bond acceptors (Lipinski definition) is 4. The Hall–Kier alpha value is -5.45. The van der Waals surface area contributed by atoms with E-state index in [-0.39, 0.29) is 39.1 Å². The minimum atomic E-state index is -4.75. The van der Waals surface area contributed by atoms with E-state index >= 15 is 0 Å². The van der Waals surface area contributed by atoms with Crippen molar-refractivity contribution in [3.05, 3.63) is 112 Å². The number of aryl methyl sites for hydroxylation is 2. The summed E-state index contributed by atoms with van der Waals surface area (Å²) in [6.07, 6.45) is -4.75. The number of halogens is 3. The second-order valence-corrected chi connectivity index (χ2v) is 9.74. The molecule has 0 aromatic heterocycles. The van der Waals surface area contributed by atoms with Gasteiger partial charge in [0.05, 0.1) is 27.8 Å². The Bertz CT molecular complexity index is 1800. The van der Waals surface area contributed by atoms with Crippen LogP contribution < -0.4 is 10.6 Å². The molecule has 4 aromatic rings. The summed E-state index contributed by atoms with van der Waals surface area (Å²) in [7, 11) is 1.34. The van der Waals surface area contributed by atoms with Gasteiger partial charge in [0.2, 0.25) is 0 Å². The highest BCUT2D eigenvalue weighted by molar-refractivity contribution is 6.11. The maximum atomic E-state index is 14.1. The van der Waals surface area contributed by atoms with Crippen molar-refractivity contribution >= 4 is 29.4 Å². The first-order valence-corrected chi connectivity index (χ1v) is 12.8. The van der Waals surface area contributed by atoms with Gasteiger partial charge in [-0.05, 0) is 78.1 Å². The van der Waals surface area contributed by atoms with Gasteiger partial charge in [-0.2, -0.15) is 13.2 Å². The van der Waals surface area contributed by atoms with E-state index in [0.717, 1.165) is 17.7 Å². The van der Waals surface area contributed by atoms with Crippen LogP contribution in [0.15, 0.2) is 72.8 Å². The molecule has 0 atom stereocenters. The van der Waals surface area contributed by atoms with Crippen LogP contribution in [0.4, 0.5) is 18.9 Å². The van der Waals surface area contributed by atoms with Crippen molar-refractivity contribution < 1.29 is 42.6 Å². The fraction of sp³-hybridized carbons (Fsp3) is 0.125. The zero-order valence-electron chi connectivity index (χ0n) is 23.1. The lowest BCUT2D eigenvalue weighted by Gasteiger charge is -2.17. The molecule has 0 fully saturated rings. The van der Waals surface area contributed by atoms with E-state index in [9.17, 15) is 42.6 Å². The van der Waals surface area contributed by atoms with Gasteiger partial charge in [0.15, 0.2) is 0 Å². The second-order valence-electron chi connectivity index (χ2n) is 9.74. The molecule has 0 saturated heterocycles. The predicted octanol–water partition coefficient (Wildman–Crippen LogP) is 6.66. The summed E-state index contributed by atoms with van der Waals surface area (Å²) < 4.78 is 42.2. The fourth-order valence-electron chi connectivity index (χ4n) is 4.74. The molecule has 0 bridgehead atoms. The van der Waals surface area contributed by atoms with E-state index in [2.05, 4.69) is 10.6 Å². The van der Waals surface area contributed by atoms with Gasteiger partial charge in [-0.1, -0.05) is 42.0 Å². The summed E-state index contributed by atoms with van der Waals surface area (Å²) in [6, 6.07) is 16.0. The molecule has 2 amide bonds. The molecule has 0 aliphatic carbocycles. The number of rotatable bonds is 7. The molecule has 8 nitrogen and oxygen atoms in total. The van der Waals surface area contributed by atoms with Crippen LogP contribution in [0.25, 0.3) is 22.3 Å². The molecule has 4 rings (SSSR count). The first-order chi connectivity index (χ1) is 20.2. The molecule has 0 aliphatic rings. The van der Waals surface area contributed by atoms with Gasteiger partial charge in [0.1, 0.15) is 0 Å². The lowest BCUT2D eigenvalue weighted by atomic mass is 9.94. The maximum Gasteiger partial charge on any atom is 0.417 e. The monoisotopic (exact) mass is 590 g/mol. The van der Waals surface area contributed by atoms with Gasteiger partial charge < -0.3 is 20.8 Å². The smallest absolute Gasteiger partial charge is 0.417 e. The highest BCUT2D eigenvalue weighted by Gasteiger charge is 2.34. The predicted molar refractivity (Wildman–Crippen MR) is 153 cm³/mol. The highest BCUT2D eigenvalue weighted by Crippen LogP contribution is 2.40. The summed E-state index contributed by atoms with van der Waals surface area (Å²) in [5.74, 6) is -4.46. The van der Waals surface area contributed by atoms with E-state index in [1.807, 2.05) is 6.92 Å². The van der Waals surface area contributed by atoms with Crippen LogP contribution in [0.3, 0.4) is 0 Å². The van der Waals surface area contributed by atoms with Crippen molar-refractivity contribution in [2.24, 2.45) is 0 Å². The lowest BCUT2D eigenvalue weighted by Crippen LogP contribution is -2.21. The third-order valence-electron chi connectivity index (χ3n) is 6.80. The summed E-state index contributed by atoms with van der Waals surface area (Å²) in [6.45, 7) is 3.53. The Morgan fingerprint density at radius 2 is 1.19 bits per heavy atom. The van der Waals surface area contributed by atoms with Crippen molar-refractivity contribution in [1.82, 2.24) is 5.32 Å². The molecule has 0 saturated carbocycles. The van der Waals surface area contributed by atoms with E-state index in [4.69, 9.17) is 0 Å². The summed E-state index contributed by atoms with van der Waals surface area (Å²) >= 11 is 0. The van der Waals surface area contributed by atoms with Gasteiger partial charge >= 0.3 is 18.1 Å². The Balaban J connectivity index is 1.71. The normalized spacial score (nSPS) is 11.1. The van der Waals surface area contributed by atoms with Gasteiger partial charge in [0, 0.05) is 12.7 Å². The van der Waals surface area contributed by atoms with Crippen LogP contribution in [-0.2, 0) is 6.18 Å². The molecule has 0 radical (unpaired) electrons. The van der Waals surface area contributed by atoms with Crippen LogP contribution in [0.2, 0.25) is 0 Å². The SMILES string of the molecule is CNC(=O)c1ccc(-c2ccc(C(=O)Nc3ccc(-c4ccc(C)cc4C)c(C(F)(F)F)c3)c(C(=O)O)c2)cc1C(=O)O. The summed E-state index contributed by atoms with van der Waals surface area (Å²) in [4.78, 5) is 49.0. The first-order valence-electron chi connectivity index (χ1n) is 12.8. The zero-order chi connectivity index (χ0) is 31.6. The third kappa shape index (κ3) is 6.40. The van der Waals surface area contributed by atoms with Crippen LogP contribution in [0.1, 0.15) is 58.1 Å². The molecule has 0 heterocycles. The molecule has 0 unspecified atom stereocenters. The van der Waals surface area contributed by atoms with Crippen molar-refractivity contribution in [2.75, 3.05) is 12.4 Å². The van der Waals surface area contributed by atoms with Gasteiger partial charge in [-0.15, -0.1) is 0 Å². The molecule has 4 N–H and O–H groups in total. The Morgan fingerprint density at radius 3 is 1.67 bits per heavy atom. The third-order valence-corrected chi connectivity index (χ3v) is 6.80. The molecular weight excluding hydrogens is 565 g/mol. The number of anilines is 1. The van der Waals surface area contributed by atoms with Crippen molar-refractivity contribution in [3.63, 3.8) is 0 Å². The largest absolute Gasteiger partial charge is 0.478 e. The maximum absolute atomic E-state index is 14.1. The number of carbonyl (C=O) groups is 4. The quantitative estimate of drug-likeness (QED) is 0.190. The molecular formula is C32H25F3N2O6. The average molecular weight is 591 g/mol. The topological polar surface area (TPSA) is 133 Å². The van der Waals surface area contributed by atoms with Crippen molar-refractivity contribution in [3.8, 4) is 22.3 Å². The minimum Gasteiger partial charge on any atom is -0.478 e. The summed E-state index contributed by atoms with van der Waals surface area (Å²) in [5.41, 5.74) is -0.0367. The van der Waals surface area contributed by atoms with E-state index in [1.165, 1.54) is 49.5 Å². The van der Waals surface area contributed by atoms with Crippen LogP contribution in [-0.4, -0.2) is 41.0 Å². The van der Waals surface area contributed by atoms with Gasteiger partial charge in [-0.25, -0.2) is 9.59 Å².